The minimum atomic E-state index is 0.298. The van der Waals surface area contributed by atoms with Crippen molar-refractivity contribution in [2.24, 2.45) is 7.05 Å². The van der Waals surface area contributed by atoms with Crippen molar-refractivity contribution in [2.45, 2.75) is 32.2 Å². The van der Waals surface area contributed by atoms with Crippen LogP contribution in [0.4, 0.5) is 5.82 Å². The maximum Gasteiger partial charge on any atom is 0.130 e. The number of anilines is 1. The van der Waals surface area contributed by atoms with E-state index >= 15 is 0 Å². The number of hydrogen-bond acceptors (Lipinski definition) is 4. The van der Waals surface area contributed by atoms with Gasteiger partial charge in [0.05, 0.1) is 29.1 Å². The lowest BCUT2D eigenvalue weighted by Crippen LogP contribution is -2.18. The Morgan fingerprint density at radius 2 is 1.96 bits per heavy atom. The third-order valence-electron chi connectivity index (χ3n) is 5.55. The molecule has 2 heterocycles. The highest BCUT2D eigenvalue weighted by Gasteiger charge is 2.20. The molecular weight excluding hydrogens is 346 g/mol. The van der Waals surface area contributed by atoms with E-state index in [1.807, 2.05) is 30.9 Å². The lowest BCUT2D eigenvalue weighted by molar-refractivity contribution is 0.598. The maximum atomic E-state index is 4.68. The third kappa shape index (κ3) is 3.03. The van der Waals surface area contributed by atoms with Crippen LogP contribution in [0.25, 0.3) is 22.3 Å². The van der Waals surface area contributed by atoms with Crippen LogP contribution in [0.3, 0.4) is 0 Å². The van der Waals surface area contributed by atoms with Crippen molar-refractivity contribution in [3.05, 3.63) is 71.8 Å². The van der Waals surface area contributed by atoms with Gasteiger partial charge in [-0.05, 0) is 49.4 Å². The van der Waals surface area contributed by atoms with Crippen molar-refractivity contribution in [1.29, 1.82) is 0 Å². The second-order valence-electron chi connectivity index (χ2n) is 7.53. The number of nitrogens with one attached hydrogen (secondary N) is 1. The van der Waals surface area contributed by atoms with Gasteiger partial charge in [0.15, 0.2) is 0 Å². The molecule has 0 saturated heterocycles. The summed E-state index contributed by atoms with van der Waals surface area (Å²) in [4.78, 5) is 13.7. The van der Waals surface area contributed by atoms with E-state index in [0.29, 0.717) is 6.04 Å². The van der Waals surface area contributed by atoms with E-state index in [9.17, 15) is 0 Å². The van der Waals surface area contributed by atoms with Gasteiger partial charge in [-0.3, -0.25) is 0 Å². The first-order chi connectivity index (χ1) is 13.7. The van der Waals surface area contributed by atoms with Crippen LogP contribution in [-0.2, 0) is 13.5 Å². The van der Waals surface area contributed by atoms with Gasteiger partial charge in [0.2, 0.25) is 0 Å². The molecule has 0 radical (unpaired) electrons. The van der Waals surface area contributed by atoms with E-state index in [2.05, 4.69) is 62.7 Å². The van der Waals surface area contributed by atoms with Crippen LogP contribution in [0.5, 0.6) is 0 Å². The minimum absolute atomic E-state index is 0.298. The van der Waals surface area contributed by atoms with Gasteiger partial charge in [0.25, 0.3) is 0 Å². The molecule has 1 unspecified atom stereocenters. The fraction of sp³-hybridized carbons (Fsp3) is 0.261. The number of imidazole rings is 1. The lowest BCUT2D eigenvalue weighted by Gasteiger charge is -2.27. The summed E-state index contributed by atoms with van der Waals surface area (Å²) in [6, 6.07) is 17.4. The van der Waals surface area contributed by atoms with Crippen molar-refractivity contribution < 1.29 is 0 Å². The average Bonchev–Trinajstić information content (AvgIpc) is 3.08. The van der Waals surface area contributed by atoms with E-state index in [1.54, 1.807) is 0 Å². The third-order valence-corrected chi connectivity index (χ3v) is 5.55. The first-order valence-electron chi connectivity index (χ1n) is 9.79. The van der Waals surface area contributed by atoms with Crippen LogP contribution in [0.15, 0.2) is 54.9 Å². The largest absolute Gasteiger partial charge is 0.363 e. The highest BCUT2D eigenvalue weighted by Crippen LogP contribution is 2.33. The van der Waals surface area contributed by atoms with Crippen LogP contribution in [-0.4, -0.2) is 19.5 Å². The predicted octanol–water partition coefficient (Wildman–Crippen LogP) is 4.83. The highest BCUT2D eigenvalue weighted by molar-refractivity contribution is 5.81. The lowest BCUT2D eigenvalue weighted by atomic mass is 9.88. The van der Waals surface area contributed by atoms with Crippen molar-refractivity contribution in [3.63, 3.8) is 0 Å². The molecule has 0 bridgehead atoms. The predicted molar refractivity (Wildman–Crippen MR) is 112 cm³/mol. The number of fused-ring (bicyclic) bond motifs is 2. The van der Waals surface area contributed by atoms with E-state index in [4.69, 9.17) is 0 Å². The zero-order valence-corrected chi connectivity index (χ0v) is 16.2. The molecular formula is C23H23N5. The molecule has 2 aromatic heterocycles. The van der Waals surface area contributed by atoms with Gasteiger partial charge in [-0.15, -0.1) is 0 Å². The molecule has 0 spiro atoms. The van der Waals surface area contributed by atoms with Gasteiger partial charge in [0, 0.05) is 18.7 Å². The Labute approximate surface area is 164 Å². The normalized spacial score (nSPS) is 16.1. The molecule has 4 aromatic rings. The van der Waals surface area contributed by atoms with Gasteiger partial charge in [-0.25, -0.2) is 15.0 Å². The Kier molecular flexibility index (Phi) is 4.08. The standard InChI is InChI=1S/C23H23N5/c1-15-25-21(17-10-11-20-22(12-17)28(2)14-24-20)13-23(26-15)27-19-9-5-7-16-6-3-4-8-18(16)19/h3-4,6,8,10-14,19H,5,7,9H2,1-2H3,(H,25,26,27). The fourth-order valence-electron chi connectivity index (χ4n) is 4.16. The summed E-state index contributed by atoms with van der Waals surface area (Å²) in [5.74, 6) is 1.66. The summed E-state index contributed by atoms with van der Waals surface area (Å²) in [6.45, 7) is 1.95. The molecule has 0 aliphatic heterocycles. The second kappa shape index (κ2) is 6.75. The van der Waals surface area contributed by atoms with Crippen LogP contribution in [0.2, 0.25) is 0 Å². The SMILES string of the molecule is Cc1nc(NC2CCCc3ccccc32)cc(-c2ccc3ncn(C)c3c2)n1. The Bertz CT molecular complexity index is 1160. The molecule has 5 nitrogen and oxygen atoms in total. The molecule has 1 aliphatic carbocycles. The molecule has 140 valence electrons. The smallest absolute Gasteiger partial charge is 0.130 e. The second-order valence-corrected chi connectivity index (χ2v) is 7.53. The van der Waals surface area contributed by atoms with Crippen LogP contribution >= 0.6 is 0 Å². The Morgan fingerprint density at radius 3 is 2.89 bits per heavy atom. The van der Waals surface area contributed by atoms with Gasteiger partial charge in [-0.1, -0.05) is 30.3 Å². The molecule has 0 fully saturated rings. The summed E-state index contributed by atoms with van der Waals surface area (Å²) >= 11 is 0. The van der Waals surface area contributed by atoms with E-state index < -0.39 is 0 Å². The zero-order valence-electron chi connectivity index (χ0n) is 16.2. The number of aryl methyl sites for hydroxylation is 3. The van der Waals surface area contributed by atoms with Crippen molar-refractivity contribution in [2.75, 3.05) is 5.32 Å². The van der Waals surface area contributed by atoms with Gasteiger partial charge in [0.1, 0.15) is 11.6 Å². The topological polar surface area (TPSA) is 55.6 Å². The number of hydrogen-bond donors (Lipinski definition) is 1. The summed E-state index contributed by atoms with van der Waals surface area (Å²) < 4.78 is 2.03. The number of rotatable bonds is 3. The molecule has 2 aromatic carbocycles. The number of benzene rings is 2. The summed E-state index contributed by atoms with van der Waals surface area (Å²) in [5, 5.41) is 3.66. The first-order valence-corrected chi connectivity index (χ1v) is 9.79. The Hall–Kier alpha value is -3.21. The summed E-state index contributed by atoms with van der Waals surface area (Å²) in [6.07, 6.45) is 5.32. The molecule has 1 aliphatic rings. The van der Waals surface area contributed by atoms with Gasteiger partial charge < -0.3 is 9.88 Å². The van der Waals surface area contributed by atoms with Crippen LogP contribution in [0.1, 0.15) is 35.8 Å². The molecule has 1 N–H and O–H groups in total. The van der Waals surface area contributed by atoms with Crippen molar-refractivity contribution >= 4 is 16.9 Å². The van der Waals surface area contributed by atoms with Gasteiger partial charge in [-0.2, -0.15) is 0 Å². The summed E-state index contributed by atoms with van der Waals surface area (Å²) in [7, 11) is 2.01. The zero-order chi connectivity index (χ0) is 19.1. The Morgan fingerprint density at radius 1 is 1.07 bits per heavy atom. The first kappa shape index (κ1) is 16.9. The quantitative estimate of drug-likeness (QED) is 0.562. The molecule has 28 heavy (non-hydrogen) atoms. The molecule has 0 amide bonds. The monoisotopic (exact) mass is 369 g/mol. The number of nitrogens with zero attached hydrogens (tertiary/aromatic N) is 4. The molecule has 5 heteroatoms. The van der Waals surface area contributed by atoms with E-state index in [-0.39, 0.29) is 0 Å². The molecule has 1 atom stereocenters. The number of aromatic nitrogens is 4. The summed E-state index contributed by atoms with van der Waals surface area (Å²) in [5.41, 5.74) is 6.94. The highest BCUT2D eigenvalue weighted by atomic mass is 15.1. The minimum Gasteiger partial charge on any atom is -0.363 e. The molecule has 0 saturated carbocycles. The van der Waals surface area contributed by atoms with E-state index in [0.717, 1.165) is 46.8 Å². The van der Waals surface area contributed by atoms with Crippen molar-refractivity contribution in [1.82, 2.24) is 19.5 Å². The fourth-order valence-corrected chi connectivity index (χ4v) is 4.16. The maximum absolute atomic E-state index is 4.68. The van der Waals surface area contributed by atoms with E-state index in [1.165, 1.54) is 17.5 Å². The Balaban J connectivity index is 1.50. The van der Waals surface area contributed by atoms with Gasteiger partial charge >= 0.3 is 0 Å². The average molecular weight is 369 g/mol. The van der Waals surface area contributed by atoms with Crippen LogP contribution in [0, 0.1) is 6.92 Å². The van der Waals surface area contributed by atoms with Crippen LogP contribution < -0.4 is 5.32 Å². The molecule has 5 rings (SSSR count). The van der Waals surface area contributed by atoms with Crippen molar-refractivity contribution in [3.8, 4) is 11.3 Å².